The molecule has 110 valence electrons. The van der Waals surface area contributed by atoms with Gasteiger partial charge in [0.05, 0.1) is 11.6 Å². The Kier molecular flexibility index (Phi) is 3.73. The maximum absolute atomic E-state index is 12.1. The largest absolute Gasteiger partial charge is 0.459 e. The number of ketones is 1. The van der Waals surface area contributed by atoms with Crippen molar-refractivity contribution in [2.45, 2.75) is 32.8 Å². The molecule has 2 heterocycles. The van der Waals surface area contributed by atoms with Crippen LogP contribution in [0.5, 0.6) is 0 Å². The second-order valence-electron chi connectivity index (χ2n) is 5.67. The van der Waals surface area contributed by atoms with E-state index in [0.717, 1.165) is 11.3 Å². The van der Waals surface area contributed by atoms with Crippen molar-refractivity contribution in [2.24, 2.45) is 11.8 Å². The number of aromatic nitrogens is 2. The number of carbonyl (C=O) groups excluding carboxylic acids is 2. The molecule has 0 amide bonds. The van der Waals surface area contributed by atoms with Gasteiger partial charge < -0.3 is 9.14 Å². The third kappa shape index (κ3) is 2.96. The Balaban J connectivity index is 1.61. The first kappa shape index (κ1) is 13.8. The average Bonchev–Trinajstić information content (AvgIpc) is 2.87. The van der Waals surface area contributed by atoms with E-state index in [-0.39, 0.29) is 30.2 Å². The van der Waals surface area contributed by atoms with E-state index in [2.05, 4.69) is 4.98 Å². The van der Waals surface area contributed by atoms with Gasteiger partial charge >= 0.3 is 5.97 Å². The molecule has 5 nitrogen and oxygen atoms in total. The number of fused-ring (bicyclic) bond motifs is 1. The van der Waals surface area contributed by atoms with Crippen molar-refractivity contribution in [1.29, 1.82) is 0 Å². The molecule has 2 aromatic heterocycles. The van der Waals surface area contributed by atoms with Gasteiger partial charge in [0.2, 0.25) is 0 Å². The van der Waals surface area contributed by atoms with Gasteiger partial charge in [-0.05, 0) is 24.5 Å². The molecule has 2 atom stereocenters. The summed E-state index contributed by atoms with van der Waals surface area (Å²) in [5.74, 6) is -0.0708. The second-order valence-corrected chi connectivity index (χ2v) is 5.67. The quantitative estimate of drug-likeness (QED) is 0.813. The first-order valence-corrected chi connectivity index (χ1v) is 7.24. The van der Waals surface area contributed by atoms with Gasteiger partial charge in [-0.3, -0.25) is 9.59 Å². The van der Waals surface area contributed by atoms with Gasteiger partial charge in [-0.2, -0.15) is 0 Å². The van der Waals surface area contributed by atoms with Crippen molar-refractivity contribution in [3.05, 3.63) is 36.3 Å². The van der Waals surface area contributed by atoms with E-state index in [0.29, 0.717) is 19.3 Å². The summed E-state index contributed by atoms with van der Waals surface area (Å²) in [6.07, 6.45) is 5.33. The van der Waals surface area contributed by atoms with E-state index >= 15 is 0 Å². The van der Waals surface area contributed by atoms with Crippen LogP contribution in [0.3, 0.4) is 0 Å². The van der Waals surface area contributed by atoms with Crippen molar-refractivity contribution in [3.63, 3.8) is 0 Å². The summed E-state index contributed by atoms with van der Waals surface area (Å²) in [5, 5.41) is 0. The van der Waals surface area contributed by atoms with Crippen LogP contribution in [-0.2, 0) is 20.9 Å². The van der Waals surface area contributed by atoms with Gasteiger partial charge in [0.15, 0.2) is 0 Å². The van der Waals surface area contributed by atoms with Crippen LogP contribution in [0, 0.1) is 11.8 Å². The van der Waals surface area contributed by atoms with Crippen LogP contribution < -0.4 is 0 Å². The average molecular weight is 286 g/mol. The Morgan fingerprint density at radius 2 is 2.33 bits per heavy atom. The van der Waals surface area contributed by atoms with Gasteiger partial charge in [0.25, 0.3) is 0 Å². The minimum atomic E-state index is -0.216. The Morgan fingerprint density at radius 1 is 1.48 bits per heavy atom. The summed E-state index contributed by atoms with van der Waals surface area (Å²) in [7, 11) is 0. The molecule has 2 aromatic rings. The summed E-state index contributed by atoms with van der Waals surface area (Å²) in [6, 6.07) is 5.74. The van der Waals surface area contributed by atoms with E-state index in [1.165, 1.54) is 0 Å². The number of esters is 1. The highest BCUT2D eigenvalue weighted by Crippen LogP contribution is 2.28. The summed E-state index contributed by atoms with van der Waals surface area (Å²) in [5.41, 5.74) is 1.56. The molecule has 1 aliphatic rings. The van der Waals surface area contributed by atoms with Crippen molar-refractivity contribution in [3.8, 4) is 0 Å². The highest BCUT2D eigenvalue weighted by Gasteiger charge is 2.32. The zero-order valence-electron chi connectivity index (χ0n) is 12.0. The highest BCUT2D eigenvalue weighted by molar-refractivity contribution is 5.83. The molecule has 0 N–H and O–H groups in total. The Hall–Kier alpha value is -2.17. The lowest BCUT2D eigenvalue weighted by molar-refractivity contribution is -0.153. The van der Waals surface area contributed by atoms with Crippen molar-refractivity contribution in [1.82, 2.24) is 9.38 Å². The molecular formula is C16H18N2O3. The third-order valence-corrected chi connectivity index (χ3v) is 4.05. The van der Waals surface area contributed by atoms with E-state index in [4.69, 9.17) is 4.74 Å². The number of hydrogen-bond acceptors (Lipinski definition) is 4. The van der Waals surface area contributed by atoms with E-state index < -0.39 is 0 Å². The lowest BCUT2D eigenvalue weighted by Crippen LogP contribution is -2.30. The molecule has 2 unspecified atom stereocenters. The fourth-order valence-electron chi connectivity index (χ4n) is 2.86. The van der Waals surface area contributed by atoms with Gasteiger partial charge in [-0.1, -0.05) is 13.0 Å². The molecule has 5 heteroatoms. The predicted molar refractivity (Wildman–Crippen MR) is 76.5 cm³/mol. The maximum Gasteiger partial charge on any atom is 0.309 e. The third-order valence-electron chi connectivity index (χ3n) is 4.05. The molecule has 1 aliphatic carbocycles. The first-order valence-electron chi connectivity index (χ1n) is 7.24. The second kappa shape index (κ2) is 5.68. The van der Waals surface area contributed by atoms with Crippen LogP contribution >= 0.6 is 0 Å². The lowest BCUT2D eigenvalue weighted by atomic mass is 9.80. The summed E-state index contributed by atoms with van der Waals surface area (Å²) >= 11 is 0. The number of rotatable bonds is 3. The standard InChI is InChI=1S/C16H18N2O3/c1-11-8-13(19)5-6-14(11)16(20)21-10-12-9-18-7-3-2-4-15(18)17-12/h2-4,7,9,11,14H,5-6,8,10H2,1H3. The van der Waals surface area contributed by atoms with Crippen LogP contribution in [0.2, 0.25) is 0 Å². The van der Waals surface area contributed by atoms with Crippen molar-refractivity contribution in [2.75, 3.05) is 0 Å². The molecule has 0 aromatic carbocycles. The first-order chi connectivity index (χ1) is 10.1. The summed E-state index contributed by atoms with van der Waals surface area (Å²) in [4.78, 5) is 27.9. The zero-order valence-corrected chi connectivity index (χ0v) is 12.0. The smallest absolute Gasteiger partial charge is 0.309 e. The number of nitrogens with zero attached hydrogens (tertiary/aromatic N) is 2. The van der Waals surface area contributed by atoms with Gasteiger partial charge in [0, 0.05) is 25.2 Å². The van der Waals surface area contributed by atoms with Crippen molar-refractivity contribution >= 4 is 17.4 Å². The normalized spacial score (nSPS) is 22.4. The van der Waals surface area contributed by atoms with Crippen LogP contribution in [0.1, 0.15) is 31.9 Å². The molecular weight excluding hydrogens is 268 g/mol. The van der Waals surface area contributed by atoms with Gasteiger partial charge in [0.1, 0.15) is 18.0 Å². The number of pyridine rings is 1. The predicted octanol–water partition coefficient (Wildman–Crippen LogP) is 2.38. The molecule has 0 spiro atoms. The highest BCUT2D eigenvalue weighted by atomic mass is 16.5. The summed E-state index contributed by atoms with van der Waals surface area (Å²) in [6.45, 7) is 2.12. The van der Waals surface area contributed by atoms with E-state index in [1.807, 2.05) is 41.9 Å². The molecule has 0 saturated heterocycles. The SMILES string of the molecule is CC1CC(=O)CCC1C(=O)OCc1cn2ccccc2n1. The Labute approximate surface area is 122 Å². The number of Topliss-reactive ketones (excluding diaryl/α,β-unsaturated/α-hetero) is 1. The Bertz CT molecular complexity index is 644. The summed E-state index contributed by atoms with van der Waals surface area (Å²) < 4.78 is 7.27. The number of hydrogen-bond donors (Lipinski definition) is 0. The zero-order chi connectivity index (χ0) is 14.8. The molecule has 0 aliphatic heterocycles. The fraction of sp³-hybridized carbons (Fsp3) is 0.438. The maximum atomic E-state index is 12.1. The number of imidazole rings is 1. The van der Waals surface area contributed by atoms with Gasteiger partial charge in [-0.25, -0.2) is 4.98 Å². The number of carbonyl (C=O) groups is 2. The molecule has 21 heavy (non-hydrogen) atoms. The monoisotopic (exact) mass is 286 g/mol. The van der Waals surface area contributed by atoms with Crippen LogP contribution in [-0.4, -0.2) is 21.1 Å². The van der Waals surface area contributed by atoms with E-state index in [9.17, 15) is 9.59 Å². The van der Waals surface area contributed by atoms with Crippen LogP contribution in [0.4, 0.5) is 0 Å². The molecule has 0 bridgehead atoms. The molecule has 0 radical (unpaired) electrons. The van der Waals surface area contributed by atoms with Crippen LogP contribution in [0.25, 0.3) is 5.65 Å². The van der Waals surface area contributed by atoms with E-state index in [1.54, 1.807) is 0 Å². The fourth-order valence-corrected chi connectivity index (χ4v) is 2.86. The Morgan fingerprint density at radius 3 is 3.10 bits per heavy atom. The van der Waals surface area contributed by atoms with Crippen LogP contribution in [0.15, 0.2) is 30.6 Å². The number of ether oxygens (including phenoxy) is 1. The lowest BCUT2D eigenvalue weighted by Gasteiger charge is -2.25. The molecule has 3 rings (SSSR count). The van der Waals surface area contributed by atoms with Crippen molar-refractivity contribution < 1.29 is 14.3 Å². The van der Waals surface area contributed by atoms with Gasteiger partial charge in [-0.15, -0.1) is 0 Å². The minimum Gasteiger partial charge on any atom is -0.459 e. The topological polar surface area (TPSA) is 60.7 Å². The molecule has 1 fully saturated rings. The minimum absolute atomic E-state index is 0.0693. The molecule has 1 saturated carbocycles.